The molecule has 0 saturated carbocycles. The molecule has 4 aromatic carbocycles. The molecule has 42 heavy (non-hydrogen) atoms. The molecule has 0 fully saturated rings. The molecule has 1 amide bonds. The van der Waals surface area contributed by atoms with Crippen molar-refractivity contribution in [2.45, 2.75) is 20.1 Å². The number of benzene rings is 4. The van der Waals surface area contributed by atoms with E-state index in [1.165, 1.54) is 25.5 Å². The van der Waals surface area contributed by atoms with Crippen LogP contribution in [0.25, 0.3) is 0 Å². The summed E-state index contributed by atoms with van der Waals surface area (Å²) in [7, 11) is 1.51. The minimum Gasteiger partial charge on any atom is -0.493 e. The van der Waals surface area contributed by atoms with E-state index in [4.69, 9.17) is 24.1 Å². The molecular formula is C32H29BrN2O7. The zero-order valence-corrected chi connectivity index (χ0v) is 24.6. The van der Waals surface area contributed by atoms with E-state index < -0.39 is 11.9 Å². The van der Waals surface area contributed by atoms with Crippen molar-refractivity contribution in [3.05, 3.63) is 117 Å². The highest BCUT2D eigenvalue weighted by Gasteiger charge is 2.14. The van der Waals surface area contributed by atoms with E-state index in [9.17, 15) is 9.59 Å². The average molecular weight is 633 g/mol. The van der Waals surface area contributed by atoms with Crippen molar-refractivity contribution >= 4 is 34.0 Å². The summed E-state index contributed by atoms with van der Waals surface area (Å²) >= 11 is 3.52. The monoisotopic (exact) mass is 632 g/mol. The van der Waals surface area contributed by atoms with Crippen LogP contribution in [-0.4, -0.2) is 36.9 Å². The van der Waals surface area contributed by atoms with E-state index in [1.54, 1.807) is 42.5 Å². The Morgan fingerprint density at radius 3 is 2.21 bits per heavy atom. The Kier molecular flexibility index (Phi) is 10.5. The summed E-state index contributed by atoms with van der Waals surface area (Å²) in [4.78, 5) is 23.8. The van der Waals surface area contributed by atoms with Crippen molar-refractivity contribution in [2.75, 3.05) is 13.7 Å². The van der Waals surface area contributed by atoms with Crippen LogP contribution >= 0.6 is 15.9 Å². The van der Waals surface area contributed by atoms with Crippen LogP contribution in [-0.2, 0) is 13.2 Å². The summed E-state index contributed by atoms with van der Waals surface area (Å²) in [5, 5.41) is 13.2. The van der Waals surface area contributed by atoms with Crippen LogP contribution in [0.1, 0.15) is 44.3 Å². The number of carbonyl (C=O) groups is 2. The normalized spacial score (nSPS) is 10.7. The number of carboxylic acid groups (broad SMARTS) is 1. The van der Waals surface area contributed by atoms with E-state index in [-0.39, 0.29) is 12.2 Å². The van der Waals surface area contributed by atoms with Crippen LogP contribution < -0.4 is 24.4 Å². The number of hydrazone groups is 1. The number of carbonyl (C=O) groups excluding carboxylic acids is 1. The number of hydrogen-bond donors (Lipinski definition) is 2. The third-order valence-electron chi connectivity index (χ3n) is 5.96. The second-order valence-corrected chi connectivity index (χ2v) is 9.75. The third-order valence-corrected chi connectivity index (χ3v) is 6.55. The number of methoxy groups -OCH3 is 1. The van der Waals surface area contributed by atoms with Crippen molar-refractivity contribution in [1.29, 1.82) is 0 Å². The Labute approximate surface area is 251 Å². The van der Waals surface area contributed by atoms with Gasteiger partial charge in [-0.25, -0.2) is 10.2 Å². The number of ether oxygens (including phenoxy) is 4. The SMILES string of the molecule is CCOc1cc(/C=N/NC(=O)c2ccc(OCc3ccccc3)c(OC)c2)cc(Br)c1OCc1ccc(C(=O)O)cc1. The molecule has 0 aromatic heterocycles. The summed E-state index contributed by atoms with van der Waals surface area (Å²) in [5.74, 6) is 0.520. The van der Waals surface area contributed by atoms with Gasteiger partial charge in [0.15, 0.2) is 23.0 Å². The second kappa shape index (κ2) is 14.7. The Hall–Kier alpha value is -4.83. The predicted molar refractivity (Wildman–Crippen MR) is 162 cm³/mol. The smallest absolute Gasteiger partial charge is 0.335 e. The van der Waals surface area contributed by atoms with Gasteiger partial charge in [0.2, 0.25) is 0 Å². The molecule has 2 N–H and O–H groups in total. The number of amides is 1. The number of aromatic carboxylic acids is 1. The van der Waals surface area contributed by atoms with Crippen molar-refractivity contribution < 1.29 is 33.6 Å². The van der Waals surface area contributed by atoms with Crippen LogP contribution in [0.3, 0.4) is 0 Å². The Balaban J connectivity index is 1.40. The lowest BCUT2D eigenvalue weighted by molar-refractivity contribution is 0.0696. The molecule has 10 heteroatoms. The fraction of sp³-hybridized carbons (Fsp3) is 0.156. The summed E-state index contributed by atoms with van der Waals surface area (Å²) in [5.41, 5.74) is 5.56. The Bertz CT molecular complexity index is 1560. The van der Waals surface area contributed by atoms with Crippen molar-refractivity contribution in [1.82, 2.24) is 5.43 Å². The average Bonchev–Trinajstić information content (AvgIpc) is 3.00. The molecular weight excluding hydrogens is 604 g/mol. The first-order chi connectivity index (χ1) is 20.4. The Morgan fingerprint density at radius 1 is 0.833 bits per heavy atom. The van der Waals surface area contributed by atoms with Crippen molar-refractivity contribution in [2.24, 2.45) is 5.10 Å². The fourth-order valence-electron chi connectivity index (χ4n) is 3.86. The van der Waals surface area contributed by atoms with E-state index in [2.05, 4.69) is 26.5 Å². The second-order valence-electron chi connectivity index (χ2n) is 8.89. The number of carboxylic acids is 1. The summed E-state index contributed by atoms with van der Waals surface area (Å²) in [6, 6.07) is 24.6. The first-order valence-electron chi connectivity index (χ1n) is 13.0. The van der Waals surface area contributed by atoms with E-state index in [0.717, 1.165) is 11.1 Å². The van der Waals surface area contributed by atoms with Gasteiger partial charge in [0.25, 0.3) is 5.91 Å². The predicted octanol–water partition coefficient (Wildman–Crippen LogP) is 6.48. The standard InChI is InChI=1S/C32H29BrN2O7/c1-3-40-29-16-23(15-26(33)30(29)42-20-22-9-11-24(12-10-22)32(37)38)18-34-35-31(36)25-13-14-27(28(17-25)39-2)41-19-21-7-5-4-6-8-21/h4-18H,3,19-20H2,1-2H3,(H,35,36)(H,37,38)/b34-18+. The summed E-state index contributed by atoms with van der Waals surface area (Å²) in [6.45, 7) is 2.84. The molecule has 0 radical (unpaired) electrons. The molecule has 0 aliphatic carbocycles. The lowest BCUT2D eigenvalue weighted by Crippen LogP contribution is -2.17. The largest absolute Gasteiger partial charge is 0.493 e. The zero-order valence-electron chi connectivity index (χ0n) is 23.0. The highest BCUT2D eigenvalue weighted by Crippen LogP contribution is 2.37. The van der Waals surface area contributed by atoms with E-state index >= 15 is 0 Å². The van der Waals surface area contributed by atoms with Gasteiger partial charge in [-0.05, 0) is 82.0 Å². The first kappa shape index (κ1) is 30.1. The van der Waals surface area contributed by atoms with Gasteiger partial charge in [0.05, 0.1) is 30.0 Å². The van der Waals surface area contributed by atoms with Crippen LogP contribution in [0.4, 0.5) is 0 Å². The van der Waals surface area contributed by atoms with Crippen molar-refractivity contribution in [3.8, 4) is 23.0 Å². The quantitative estimate of drug-likeness (QED) is 0.128. The lowest BCUT2D eigenvalue weighted by Gasteiger charge is -2.15. The Morgan fingerprint density at radius 2 is 1.52 bits per heavy atom. The molecule has 4 rings (SSSR count). The van der Waals surface area contributed by atoms with Crippen LogP contribution in [0.2, 0.25) is 0 Å². The van der Waals surface area contributed by atoms with Gasteiger partial charge in [-0.3, -0.25) is 4.79 Å². The van der Waals surface area contributed by atoms with E-state index in [0.29, 0.717) is 51.8 Å². The van der Waals surface area contributed by atoms with Gasteiger partial charge in [0, 0.05) is 5.56 Å². The molecule has 4 aromatic rings. The molecule has 0 saturated heterocycles. The van der Waals surface area contributed by atoms with E-state index in [1.807, 2.05) is 37.3 Å². The number of nitrogens with one attached hydrogen (secondary N) is 1. The molecule has 0 aliphatic rings. The van der Waals surface area contributed by atoms with Crippen LogP contribution in [0, 0.1) is 0 Å². The topological polar surface area (TPSA) is 116 Å². The molecule has 0 bridgehead atoms. The highest BCUT2D eigenvalue weighted by molar-refractivity contribution is 9.10. The highest BCUT2D eigenvalue weighted by atomic mass is 79.9. The molecule has 0 unspecified atom stereocenters. The lowest BCUT2D eigenvalue weighted by atomic mass is 10.1. The first-order valence-corrected chi connectivity index (χ1v) is 13.8. The zero-order chi connectivity index (χ0) is 29.9. The van der Waals surface area contributed by atoms with Crippen LogP contribution in [0.15, 0.2) is 94.5 Å². The van der Waals surface area contributed by atoms with Crippen molar-refractivity contribution in [3.63, 3.8) is 0 Å². The summed E-state index contributed by atoms with van der Waals surface area (Å²) < 4.78 is 23.7. The number of halogens is 1. The molecule has 0 aliphatic heterocycles. The molecule has 0 atom stereocenters. The third kappa shape index (κ3) is 8.11. The molecule has 0 spiro atoms. The fourth-order valence-corrected chi connectivity index (χ4v) is 4.43. The number of rotatable bonds is 13. The van der Waals surface area contributed by atoms with Gasteiger partial charge in [-0.2, -0.15) is 5.10 Å². The van der Waals surface area contributed by atoms with Gasteiger partial charge in [0.1, 0.15) is 13.2 Å². The summed E-state index contributed by atoms with van der Waals surface area (Å²) in [6.07, 6.45) is 1.49. The number of nitrogens with zero attached hydrogens (tertiary/aromatic N) is 1. The maximum Gasteiger partial charge on any atom is 0.335 e. The molecule has 9 nitrogen and oxygen atoms in total. The minimum atomic E-state index is -0.987. The number of hydrogen-bond acceptors (Lipinski definition) is 7. The maximum atomic E-state index is 12.8. The maximum absolute atomic E-state index is 12.8. The van der Waals surface area contributed by atoms with Crippen LogP contribution in [0.5, 0.6) is 23.0 Å². The minimum absolute atomic E-state index is 0.203. The van der Waals surface area contributed by atoms with Gasteiger partial charge >= 0.3 is 5.97 Å². The molecule has 0 heterocycles. The van der Waals surface area contributed by atoms with Gasteiger partial charge < -0.3 is 24.1 Å². The van der Waals surface area contributed by atoms with Gasteiger partial charge in [-0.1, -0.05) is 42.5 Å². The van der Waals surface area contributed by atoms with Gasteiger partial charge in [-0.15, -0.1) is 0 Å². The molecule has 216 valence electrons.